The largest absolute Gasteiger partial charge is 0.459 e. The molecule has 0 amide bonds. The number of ether oxygens (including phenoxy) is 2. The molecule has 0 saturated heterocycles. The smallest absolute Gasteiger partial charge is 0.338 e. The van der Waals surface area contributed by atoms with E-state index in [1.54, 1.807) is 24.3 Å². The maximum atomic E-state index is 12.1. The van der Waals surface area contributed by atoms with E-state index >= 15 is 0 Å². The number of carbonyl (C=O) groups is 2. The maximum Gasteiger partial charge on any atom is 0.338 e. The van der Waals surface area contributed by atoms with Gasteiger partial charge in [-0.3, -0.25) is 0 Å². The average molecular weight is 334 g/mol. The molecule has 0 bridgehead atoms. The second-order valence-electron chi connectivity index (χ2n) is 7.27. The van der Waals surface area contributed by atoms with Crippen molar-refractivity contribution in [2.45, 2.75) is 66.6 Å². The topological polar surface area (TPSA) is 52.6 Å². The van der Waals surface area contributed by atoms with E-state index in [4.69, 9.17) is 9.47 Å². The van der Waals surface area contributed by atoms with Gasteiger partial charge in [-0.05, 0) is 62.8 Å². The summed E-state index contributed by atoms with van der Waals surface area (Å²) in [5, 5.41) is 0. The van der Waals surface area contributed by atoms with Crippen molar-refractivity contribution in [2.24, 2.45) is 11.8 Å². The third kappa shape index (κ3) is 7.16. The van der Waals surface area contributed by atoms with E-state index in [1.165, 1.54) is 0 Å². The first-order valence-corrected chi connectivity index (χ1v) is 8.71. The molecule has 0 radical (unpaired) electrons. The number of hydrogen-bond acceptors (Lipinski definition) is 4. The Kier molecular flexibility index (Phi) is 7.96. The summed E-state index contributed by atoms with van der Waals surface area (Å²) >= 11 is 0. The standard InChI is InChI=1S/C20H30O4/c1-13(2)11-15(5)23-19(21)17-7-9-18(10-8-17)20(22)24-16(6)12-14(3)4/h7-10,13-16H,11-12H2,1-6H3. The minimum absolute atomic E-state index is 0.126. The molecule has 4 heteroatoms. The zero-order valence-electron chi connectivity index (χ0n) is 15.7. The van der Waals surface area contributed by atoms with Crippen molar-refractivity contribution in [3.63, 3.8) is 0 Å². The molecule has 4 nitrogen and oxygen atoms in total. The highest BCUT2D eigenvalue weighted by molar-refractivity contribution is 5.93. The minimum Gasteiger partial charge on any atom is -0.459 e. The molecule has 0 heterocycles. The Morgan fingerprint density at radius 3 is 1.25 bits per heavy atom. The molecule has 0 spiro atoms. The first-order chi connectivity index (χ1) is 11.2. The molecule has 0 aliphatic heterocycles. The molecule has 134 valence electrons. The van der Waals surface area contributed by atoms with Crippen LogP contribution < -0.4 is 0 Å². The highest BCUT2D eigenvalue weighted by Gasteiger charge is 2.16. The fourth-order valence-electron chi connectivity index (χ4n) is 2.67. The zero-order valence-corrected chi connectivity index (χ0v) is 15.7. The predicted octanol–water partition coefficient (Wildman–Crippen LogP) is 4.87. The van der Waals surface area contributed by atoms with Crippen LogP contribution in [0.25, 0.3) is 0 Å². The van der Waals surface area contributed by atoms with Gasteiger partial charge in [0, 0.05) is 0 Å². The molecule has 2 atom stereocenters. The van der Waals surface area contributed by atoms with Crippen LogP contribution in [-0.2, 0) is 9.47 Å². The predicted molar refractivity (Wildman–Crippen MR) is 95.1 cm³/mol. The molecular weight excluding hydrogens is 304 g/mol. The van der Waals surface area contributed by atoms with Gasteiger partial charge in [-0.1, -0.05) is 27.7 Å². The Morgan fingerprint density at radius 1 is 0.708 bits per heavy atom. The van der Waals surface area contributed by atoms with Crippen LogP contribution in [0.1, 0.15) is 75.1 Å². The SMILES string of the molecule is CC(C)CC(C)OC(=O)c1ccc(C(=O)OC(C)CC(C)C)cc1. The van der Waals surface area contributed by atoms with Crippen molar-refractivity contribution >= 4 is 11.9 Å². The second-order valence-corrected chi connectivity index (χ2v) is 7.27. The first kappa shape index (κ1) is 20.2. The fourth-order valence-corrected chi connectivity index (χ4v) is 2.67. The van der Waals surface area contributed by atoms with Crippen molar-refractivity contribution < 1.29 is 19.1 Å². The summed E-state index contributed by atoms with van der Waals surface area (Å²) in [5.41, 5.74) is 0.884. The summed E-state index contributed by atoms with van der Waals surface area (Å²) < 4.78 is 10.8. The van der Waals surface area contributed by atoms with Crippen molar-refractivity contribution in [3.8, 4) is 0 Å². The Bertz CT molecular complexity index is 482. The van der Waals surface area contributed by atoms with Crippen molar-refractivity contribution in [1.82, 2.24) is 0 Å². The molecule has 2 unspecified atom stereocenters. The van der Waals surface area contributed by atoms with Gasteiger partial charge in [-0.15, -0.1) is 0 Å². The Hall–Kier alpha value is -1.84. The summed E-state index contributed by atoms with van der Waals surface area (Å²) in [4.78, 5) is 24.2. The van der Waals surface area contributed by atoms with Gasteiger partial charge in [-0.25, -0.2) is 9.59 Å². The molecule has 1 aromatic carbocycles. The van der Waals surface area contributed by atoms with Crippen LogP contribution in [0.3, 0.4) is 0 Å². The van der Waals surface area contributed by atoms with Gasteiger partial charge >= 0.3 is 11.9 Å². The summed E-state index contributed by atoms with van der Waals surface area (Å²) in [7, 11) is 0. The Labute approximate surface area is 145 Å². The Balaban J connectivity index is 2.61. The fraction of sp³-hybridized carbons (Fsp3) is 0.600. The summed E-state index contributed by atoms with van der Waals surface area (Å²) in [5.74, 6) is 0.211. The lowest BCUT2D eigenvalue weighted by molar-refractivity contribution is 0.0283. The highest BCUT2D eigenvalue weighted by atomic mass is 16.5. The third-order valence-corrected chi connectivity index (χ3v) is 3.58. The van der Waals surface area contributed by atoms with E-state index in [0.29, 0.717) is 23.0 Å². The first-order valence-electron chi connectivity index (χ1n) is 8.71. The minimum atomic E-state index is -0.365. The second kappa shape index (κ2) is 9.45. The number of benzene rings is 1. The van der Waals surface area contributed by atoms with Gasteiger partial charge in [0.2, 0.25) is 0 Å². The van der Waals surface area contributed by atoms with E-state index in [2.05, 4.69) is 27.7 Å². The molecule has 1 rings (SSSR count). The number of esters is 2. The normalized spacial score (nSPS) is 13.7. The lowest BCUT2D eigenvalue weighted by atomic mass is 10.1. The lowest BCUT2D eigenvalue weighted by Crippen LogP contribution is -2.18. The van der Waals surface area contributed by atoms with Crippen molar-refractivity contribution in [3.05, 3.63) is 35.4 Å². The van der Waals surface area contributed by atoms with Gasteiger partial charge in [0.25, 0.3) is 0 Å². The van der Waals surface area contributed by atoms with Gasteiger partial charge in [0.1, 0.15) is 0 Å². The van der Waals surface area contributed by atoms with Crippen LogP contribution in [0, 0.1) is 11.8 Å². The monoisotopic (exact) mass is 334 g/mol. The molecule has 0 saturated carbocycles. The Morgan fingerprint density at radius 2 is 1.00 bits per heavy atom. The zero-order chi connectivity index (χ0) is 18.3. The third-order valence-electron chi connectivity index (χ3n) is 3.58. The number of hydrogen-bond donors (Lipinski definition) is 0. The number of carbonyl (C=O) groups excluding carboxylic acids is 2. The molecule has 24 heavy (non-hydrogen) atoms. The average Bonchev–Trinajstić information content (AvgIpc) is 2.45. The van der Waals surface area contributed by atoms with Crippen LogP contribution in [0.2, 0.25) is 0 Å². The maximum absolute atomic E-state index is 12.1. The highest BCUT2D eigenvalue weighted by Crippen LogP contribution is 2.14. The number of rotatable bonds is 8. The van der Waals surface area contributed by atoms with E-state index in [0.717, 1.165) is 12.8 Å². The van der Waals surface area contributed by atoms with Crippen LogP contribution in [-0.4, -0.2) is 24.1 Å². The van der Waals surface area contributed by atoms with Gasteiger partial charge in [0.05, 0.1) is 23.3 Å². The van der Waals surface area contributed by atoms with Gasteiger partial charge in [-0.2, -0.15) is 0 Å². The molecular formula is C20H30O4. The van der Waals surface area contributed by atoms with Crippen LogP contribution in [0.5, 0.6) is 0 Å². The quantitative estimate of drug-likeness (QED) is 0.636. The molecule has 0 aliphatic rings. The van der Waals surface area contributed by atoms with Crippen molar-refractivity contribution in [2.75, 3.05) is 0 Å². The van der Waals surface area contributed by atoms with E-state index in [9.17, 15) is 9.59 Å². The molecule has 0 aliphatic carbocycles. The summed E-state index contributed by atoms with van der Waals surface area (Å²) in [6.07, 6.45) is 1.39. The van der Waals surface area contributed by atoms with Crippen LogP contribution in [0.15, 0.2) is 24.3 Å². The van der Waals surface area contributed by atoms with E-state index in [-0.39, 0.29) is 24.1 Å². The van der Waals surface area contributed by atoms with Crippen LogP contribution in [0.4, 0.5) is 0 Å². The lowest BCUT2D eigenvalue weighted by Gasteiger charge is -2.16. The summed E-state index contributed by atoms with van der Waals surface area (Å²) in [6.45, 7) is 12.1. The van der Waals surface area contributed by atoms with Gasteiger partial charge < -0.3 is 9.47 Å². The van der Waals surface area contributed by atoms with E-state index in [1.807, 2.05) is 13.8 Å². The molecule has 0 N–H and O–H groups in total. The molecule has 1 aromatic rings. The van der Waals surface area contributed by atoms with Gasteiger partial charge in [0.15, 0.2) is 0 Å². The molecule has 0 fully saturated rings. The van der Waals surface area contributed by atoms with Crippen LogP contribution >= 0.6 is 0 Å². The van der Waals surface area contributed by atoms with E-state index < -0.39 is 0 Å². The summed E-state index contributed by atoms with van der Waals surface area (Å²) in [6, 6.07) is 6.42. The van der Waals surface area contributed by atoms with Crippen molar-refractivity contribution in [1.29, 1.82) is 0 Å². The molecule has 0 aromatic heterocycles.